The Balaban J connectivity index is 1.91. The Bertz CT molecular complexity index is 727. The van der Waals surface area contributed by atoms with Crippen LogP contribution >= 0.6 is 0 Å². The van der Waals surface area contributed by atoms with E-state index in [1.54, 1.807) is 30.6 Å². The van der Waals surface area contributed by atoms with Crippen LogP contribution in [0.3, 0.4) is 0 Å². The molecule has 3 rings (SSSR count). The molecule has 1 saturated heterocycles. The minimum Gasteiger partial charge on any atom is -0.496 e. The number of amides is 1. The Labute approximate surface area is 132 Å². The van der Waals surface area contributed by atoms with Crippen molar-refractivity contribution < 1.29 is 19.4 Å². The molecule has 2 N–H and O–H groups in total. The Morgan fingerprint density at radius 2 is 2.26 bits per heavy atom. The van der Waals surface area contributed by atoms with Gasteiger partial charge >= 0.3 is 5.97 Å². The van der Waals surface area contributed by atoms with E-state index < -0.39 is 12.0 Å². The molecule has 1 aliphatic rings. The summed E-state index contributed by atoms with van der Waals surface area (Å²) in [6.07, 6.45) is 4.60. The monoisotopic (exact) mass is 315 g/mol. The molecular weight excluding hydrogens is 298 g/mol. The minimum absolute atomic E-state index is 0.285. The lowest BCUT2D eigenvalue weighted by atomic mass is 10.0. The van der Waals surface area contributed by atoms with Crippen molar-refractivity contribution in [2.75, 3.05) is 13.7 Å². The maximum Gasteiger partial charge on any atom is 0.326 e. The second-order valence-electron chi connectivity index (χ2n) is 5.40. The van der Waals surface area contributed by atoms with Gasteiger partial charge in [0.05, 0.1) is 13.3 Å². The number of carboxylic acids is 1. The van der Waals surface area contributed by atoms with Gasteiger partial charge in [0, 0.05) is 29.4 Å². The summed E-state index contributed by atoms with van der Waals surface area (Å²) in [5.74, 6) is -0.701. The Morgan fingerprint density at radius 3 is 2.91 bits per heavy atom. The number of carbonyl (C=O) groups is 2. The summed E-state index contributed by atoms with van der Waals surface area (Å²) in [6, 6.07) is 4.36. The number of hydrogen-bond acceptors (Lipinski definition) is 4. The molecule has 1 unspecified atom stereocenters. The van der Waals surface area contributed by atoms with Gasteiger partial charge in [0.1, 0.15) is 11.8 Å². The number of H-pyrrole nitrogens is 1. The van der Waals surface area contributed by atoms with Gasteiger partial charge in [-0.3, -0.25) is 9.89 Å². The summed E-state index contributed by atoms with van der Waals surface area (Å²) in [5.41, 5.74) is 2.08. The van der Waals surface area contributed by atoms with E-state index in [1.807, 2.05) is 0 Å². The number of carboxylic acid groups (broad SMARTS) is 1. The predicted octanol–water partition coefficient (Wildman–Crippen LogP) is 1.77. The fourth-order valence-electron chi connectivity index (χ4n) is 2.89. The first-order chi connectivity index (χ1) is 11.1. The number of nitrogens with one attached hydrogen (secondary N) is 1. The van der Waals surface area contributed by atoms with Crippen LogP contribution in [0.2, 0.25) is 0 Å². The van der Waals surface area contributed by atoms with E-state index in [9.17, 15) is 14.7 Å². The zero-order valence-corrected chi connectivity index (χ0v) is 12.7. The van der Waals surface area contributed by atoms with Crippen LogP contribution in [0.25, 0.3) is 11.1 Å². The lowest BCUT2D eigenvalue weighted by Gasteiger charge is -2.22. The average molecular weight is 315 g/mol. The van der Waals surface area contributed by atoms with Crippen LogP contribution in [0.1, 0.15) is 23.2 Å². The van der Waals surface area contributed by atoms with Gasteiger partial charge in [0.25, 0.3) is 5.91 Å². The van der Waals surface area contributed by atoms with Gasteiger partial charge in [-0.15, -0.1) is 0 Å². The highest BCUT2D eigenvalue weighted by molar-refractivity contribution is 5.98. The molecular formula is C16H17N3O4. The van der Waals surface area contributed by atoms with Crippen LogP contribution in [-0.2, 0) is 4.79 Å². The predicted molar refractivity (Wildman–Crippen MR) is 82.3 cm³/mol. The summed E-state index contributed by atoms with van der Waals surface area (Å²) in [5, 5.41) is 15.9. The van der Waals surface area contributed by atoms with Crippen molar-refractivity contribution in [2.45, 2.75) is 18.9 Å². The number of aromatic amines is 1. The second-order valence-corrected chi connectivity index (χ2v) is 5.40. The van der Waals surface area contributed by atoms with Crippen molar-refractivity contribution >= 4 is 11.9 Å². The number of methoxy groups -OCH3 is 1. The van der Waals surface area contributed by atoms with Gasteiger partial charge in [0.2, 0.25) is 0 Å². The van der Waals surface area contributed by atoms with E-state index in [4.69, 9.17) is 4.74 Å². The Hall–Kier alpha value is -2.83. The SMILES string of the molecule is COc1cc(C(=O)N2CCCC2C(=O)O)ccc1-c1cn[nH]c1. The molecule has 7 nitrogen and oxygen atoms in total. The van der Waals surface area contributed by atoms with Crippen LogP contribution < -0.4 is 4.74 Å². The first-order valence-corrected chi connectivity index (χ1v) is 7.33. The molecule has 1 fully saturated rings. The van der Waals surface area contributed by atoms with Gasteiger partial charge in [-0.1, -0.05) is 0 Å². The molecule has 1 aromatic carbocycles. The third kappa shape index (κ3) is 2.77. The molecule has 0 bridgehead atoms. The standard InChI is InChI=1S/C16H17N3O4/c1-23-14-7-10(4-5-12(14)11-8-17-18-9-11)15(20)19-6-2-3-13(19)16(21)22/h4-5,7-9,13H,2-3,6H2,1H3,(H,17,18)(H,21,22). The molecule has 1 amide bonds. The molecule has 23 heavy (non-hydrogen) atoms. The van der Waals surface area contributed by atoms with Crippen LogP contribution in [0.4, 0.5) is 0 Å². The third-order valence-corrected chi connectivity index (χ3v) is 4.06. The van der Waals surface area contributed by atoms with Gasteiger partial charge in [-0.25, -0.2) is 4.79 Å². The molecule has 7 heteroatoms. The maximum absolute atomic E-state index is 12.6. The van der Waals surface area contributed by atoms with E-state index in [1.165, 1.54) is 12.0 Å². The number of ether oxygens (including phenoxy) is 1. The lowest BCUT2D eigenvalue weighted by Crippen LogP contribution is -2.40. The fraction of sp³-hybridized carbons (Fsp3) is 0.312. The summed E-state index contributed by atoms with van der Waals surface area (Å²) in [4.78, 5) is 25.3. The number of carbonyl (C=O) groups excluding carboxylic acids is 1. The zero-order valence-electron chi connectivity index (χ0n) is 12.7. The third-order valence-electron chi connectivity index (χ3n) is 4.06. The van der Waals surface area contributed by atoms with Crippen LogP contribution in [0, 0.1) is 0 Å². The first kappa shape index (κ1) is 15.1. The van der Waals surface area contributed by atoms with E-state index >= 15 is 0 Å². The van der Waals surface area contributed by atoms with Crippen molar-refractivity contribution in [2.24, 2.45) is 0 Å². The number of aromatic nitrogens is 2. The van der Waals surface area contributed by atoms with Crippen molar-refractivity contribution in [1.29, 1.82) is 0 Å². The maximum atomic E-state index is 12.6. The lowest BCUT2D eigenvalue weighted by molar-refractivity contribution is -0.141. The smallest absolute Gasteiger partial charge is 0.326 e. The highest BCUT2D eigenvalue weighted by atomic mass is 16.5. The normalized spacial score (nSPS) is 17.3. The topological polar surface area (TPSA) is 95.5 Å². The van der Waals surface area contributed by atoms with Gasteiger partial charge in [-0.2, -0.15) is 5.10 Å². The molecule has 0 radical (unpaired) electrons. The fourth-order valence-corrected chi connectivity index (χ4v) is 2.89. The minimum atomic E-state index is -0.960. The summed E-state index contributed by atoms with van der Waals surface area (Å²) < 4.78 is 5.37. The van der Waals surface area contributed by atoms with Crippen LogP contribution in [-0.4, -0.2) is 51.8 Å². The molecule has 0 aliphatic carbocycles. The molecule has 120 valence electrons. The summed E-state index contributed by atoms with van der Waals surface area (Å²) >= 11 is 0. The quantitative estimate of drug-likeness (QED) is 0.896. The average Bonchev–Trinajstić information content (AvgIpc) is 3.24. The molecule has 0 spiro atoms. The number of nitrogens with zero attached hydrogens (tertiary/aromatic N) is 2. The van der Waals surface area contributed by atoms with Crippen LogP contribution in [0.15, 0.2) is 30.6 Å². The highest BCUT2D eigenvalue weighted by Crippen LogP contribution is 2.31. The number of rotatable bonds is 4. The largest absolute Gasteiger partial charge is 0.496 e. The Morgan fingerprint density at radius 1 is 1.43 bits per heavy atom. The summed E-state index contributed by atoms with van der Waals surface area (Å²) in [6.45, 7) is 0.460. The Kier molecular flexibility index (Phi) is 4.01. The molecule has 1 atom stereocenters. The van der Waals surface area contributed by atoms with Crippen molar-refractivity contribution in [3.05, 3.63) is 36.2 Å². The van der Waals surface area contributed by atoms with Crippen molar-refractivity contribution in [3.63, 3.8) is 0 Å². The molecule has 1 aliphatic heterocycles. The highest BCUT2D eigenvalue weighted by Gasteiger charge is 2.34. The van der Waals surface area contributed by atoms with Crippen molar-refractivity contribution in [3.8, 4) is 16.9 Å². The van der Waals surface area contributed by atoms with Gasteiger partial charge < -0.3 is 14.7 Å². The van der Waals surface area contributed by atoms with Gasteiger partial charge in [-0.05, 0) is 31.0 Å². The van der Waals surface area contributed by atoms with Crippen LogP contribution in [0.5, 0.6) is 5.75 Å². The van der Waals surface area contributed by atoms with E-state index in [0.717, 1.165) is 11.1 Å². The number of aliphatic carboxylic acids is 1. The number of benzene rings is 1. The number of hydrogen-bond donors (Lipinski definition) is 2. The van der Waals surface area contributed by atoms with E-state index in [2.05, 4.69) is 10.2 Å². The molecule has 2 aromatic rings. The van der Waals surface area contributed by atoms with Gasteiger partial charge in [0.15, 0.2) is 0 Å². The van der Waals surface area contributed by atoms with E-state index in [-0.39, 0.29) is 5.91 Å². The number of likely N-dealkylation sites (tertiary alicyclic amines) is 1. The zero-order chi connectivity index (χ0) is 16.4. The second kappa shape index (κ2) is 6.12. The first-order valence-electron chi connectivity index (χ1n) is 7.33. The van der Waals surface area contributed by atoms with E-state index in [0.29, 0.717) is 30.7 Å². The molecule has 0 saturated carbocycles. The molecule has 1 aromatic heterocycles. The van der Waals surface area contributed by atoms with Crippen molar-refractivity contribution in [1.82, 2.24) is 15.1 Å². The summed E-state index contributed by atoms with van der Waals surface area (Å²) in [7, 11) is 1.53. The molecule has 2 heterocycles.